The zero-order valence-electron chi connectivity index (χ0n) is 5.25. The van der Waals surface area contributed by atoms with Crippen molar-refractivity contribution in [3.8, 4) is 0 Å². The van der Waals surface area contributed by atoms with Gasteiger partial charge >= 0.3 is 0 Å². The van der Waals surface area contributed by atoms with Gasteiger partial charge in [0.05, 0.1) is 6.04 Å². The van der Waals surface area contributed by atoms with E-state index in [9.17, 15) is 0 Å². The van der Waals surface area contributed by atoms with Crippen LogP contribution in [0.25, 0.3) is 0 Å². The van der Waals surface area contributed by atoms with Gasteiger partial charge < -0.3 is 26.2 Å². The standard InChI is InChI=1S/C5H11NO4/c6-1-2(7)4(9)5(10)3(1)8/h1-5,7-10H,6H2/t2-,3-,4-,5-/m1/s1. The van der Waals surface area contributed by atoms with E-state index in [1.54, 1.807) is 0 Å². The highest BCUT2D eigenvalue weighted by molar-refractivity contribution is 5.00. The summed E-state index contributed by atoms with van der Waals surface area (Å²) in [6.07, 6.45) is -5.12. The Morgan fingerprint density at radius 1 is 0.700 bits per heavy atom. The second kappa shape index (κ2) is 2.44. The summed E-state index contributed by atoms with van der Waals surface area (Å²) in [4.78, 5) is 0. The fraction of sp³-hybridized carbons (Fsp3) is 1.00. The summed E-state index contributed by atoms with van der Waals surface area (Å²) in [5, 5.41) is 35.6. The van der Waals surface area contributed by atoms with Gasteiger partial charge in [0.15, 0.2) is 0 Å². The summed E-state index contributed by atoms with van der Waals surface area (Å²) >= 11 is 0. The van der Waals surface area contributed by atoms with Crippen molar-refractivity contribution in [1.82, 2.24) is 0 Å². The van der Waals surface area contributed by atoms with E-state index in [2.05, 4.69) is 0 Å². The van der Waals surface area contributed by atoms with Crippen LogP contribution in [0.2, 0.25) is 0 Å². The molecule has 60 valence electrons. The first-order chi connectivity index (χ1) is 4.55. The van der Waals surface area contributed by atoms with Gasteiger partial charge in [0.2, 0.25) is 0 Å². The maximum atomic E-state index is 8.91. The fourth-order valence-electron chi connectivity index (χ4n) is 1.06. The second-order valence-corrected chi connectivity index (χ2v) is 2.54. The van der Waals surface area contributed by atoms with Gasteiger partial charge in [0.25, 0.3) is 0 Å². The van der Waals surface area contributed by atoms with Gasteiger partial charge in [-0.2, -0.15) is 0 Å². The van der Waals surface area contributed by atoms with Gasteiger partial charge in [-0.25, -0.2) is 0 Å². The molecule has 6 N–H and O–H groups in total. The largest absolute Gasteiger partial charge is 0.389 e. The molecule has 0 aliphatic heterocycles. The topological polar surface area (TPSA) is 107 Å². The first kappa shape index (κ1) is 7.90. The molecule has 0 amide bonds. The minimum Gasteiger partial charge on any atom is -0.389 e. The van der Waals surface area contributed by atoms with Crippen molar-refractivity contribution in [2.75, 3.05) is 0 Å². The van der Waals surface area contributed by atoms with Crippen LogP contribution in [0, 0.1) is 0 Å². The lowest BCUT2D eigenvalue weighted by Crippen LogP contribution is -2.40. The van der Waals surface area contributed by atoms with Crippen molar-refractivity contribution in [2.24, 2.45) is 5.73 Å². The number of nitrogens with two attached hydrogens (primary N) is 1. The molecule has 0 aromatic rings. The third kappa shape index (κ3) is 0.920. The van der Waals surface area contributed by atoms with Crippen LogP contribution >= 0.6 is 0 Å². The van der Waals surface area contributed by atoms with Gasteiger partial charge in [0.1, 0.15) is 24.4 Å². The lowest BCUT2D eigenvalue weighted by molar-refractivity contribution is -0.0413. The molecule has 0 radical (unpaired) electrons. The fourth-order valence-corrected chi connectivity index (χ4v) is 1.06. The number of hydrogen-bond acceptors (Lipinski definition) is 5. The van der Waals surface area contributed by atoms with E-state index in [1.165, 1.54) is 0 Å². The lowest BCUT2D eigenvalue weighted by Gasteiger charge is -2.11. The highest BCUT2D eigenvalue weighted by atomic mass is 16.4. The molecule has 0 bridgehead atoms. The molecule has 4 atom stereocenters. The summed E-state index contributed by atoms with van der Waals surface area (Å²) in [5.41, 5.74) is 5.18. The molecular formula is C5H11NO4. The van der Waals surface area contributed by atoms with Gasteiger partial charge in [-0.3, -0.25) is 0 Å². The molecule has 10 heavy (non-hydrogen) atoms. The van der Waals surface area contributed by atoms with Crippen LogP contribution in [0.5, 0.6) is 0 Å². The average Bonchev–Trinajstić information content (AvgIpc) is 2.07. The Hall–Kier alpha value is -0.200. The van der Waals surface area contributed by atoms with E-state index in [0.717, 1.165) is 0 Å². The summed E-state index contributed by atoms with van der Waals surface area (Å²) in [6, 6.07) is -0.954. The van der Waals surface area contributed by atoms with E-state index in [-0.39, 0.29) is 0 Å². The van der Waals surface area contributed by atoms with Crippen molar-refractivity contribution < 1.29 is 20.4 Å². The maximum absolute atomic E-state index is 8.91. The van der Waals surface area contributed by atoms with Crippen LogP contribution < -0.4 is 5.73 Å². The summed E-state index contributed by atoms with van der Waals surface area (Å²) in [7, 11) is 0. The van der Waals surface area contributed by atoms with Crippen LogP contribution in [0.4, 0.5) is 0 Å². The molecule has 1 aliphatic rings. The predicted molar refractivity (Wildman–Crippen MR) is 32.0 cm³/mol. The molecule has 1 fully saturated rings. The van der Waals surface area contributed by atoms with Gasteiger partial charge in [-0.15, -0.1) is 0 Å². The second-order valence-electron chi connectivity index (χ2n) is 2.54. The van der Waals surface area contributed by atoms with Crippen molar-refractivity contribution in [3.05, 3.63) is 0 Å². The van der Waals surface area contributed by atoms with Crippen LogP contribution in [-0.2, 0) is 0 Å². The molecule has 5 heteroatoms. The zero-order chi connectivity index (χ0) is 7.89. The van der Waals surface area contributed by atoms with Crippen molar-refractivity contribution >= 4 is 0 Å². The Bertz CT molecular complexity index is 86.0. The van der Waals surface area contributed by atoms with E-state index in [0.29, 0.717) is 0 Å². The molecule has 0 aromatic heterocycles. The van der Waals surface area contributed by atoms with Gasteiger partial charge in [-0.05, 0) is 0 Å². The summed E-state index contributed by atoms with van der Waals surface area (Å²) in [6.45, 7) is 0. The average molecular weight is 149 g/mol. The molecule has 0 aromatic carbocycles. The van der Waals surface area contributed by atoms with Gasteiger partial charge in [-0.1, -0.05) is 0 Å². The zero-order valence-corrected chi connectivity index (χ0v) is 5.25. The van der Waals surface area contributed by atoms with Crippen molar-refractivity contribution in [3.63, 3.8) is 0 Å². The Morgan fingerprint density at radius 2 is 1.00 bits per heavy atom. The predicted octanol–water partition coefficient (Wildman–Crippen LogP) is -3.23. The monoisotopic (exact) mass is 149 g/mol. The molecular weight excluding hydrogens is 138 g/mol. The quantitative estimate of drug-likeness (QED) is 0.249. The van der Waals surface area contributed by atoms with Crippen LogP contribution in [0.15, 0.2) is 0 Å². The van der Waals surface area contributed by atoms with E-state index in [1.807, 2.05) is 0 Å². The smallest absolute Gasteiger partial charge is 0.110 e. The number of rotatable bonds is 0. The molecule has 0 saturated heterocycles. The molecule has 0 spiro atoms. The van der Waals surface area contributed by atoms with Crippen LogP contribution in [0.1, 0.15) is 0 Å². The third-order valence-corrected chi connectivity index (χ3v) is 1.84. The van der Waals surface area contributed by atoms with Crippen LogP contribution in [0.3, 0.4) is 0 Å². The SMILES string of the molecule is NC1[C@@H](O)[C@@H](O)[C@H](O)[C@@H]1O. The Labute approximate surface area is 57.7 Å². The molecule has 1 aliphatic carbocycles. The van der Waals surface area contributed by atoms with Crippen LogP contribution in [-0.4, -0.2) is 50.9 Å². The normalized spacial score (nSPS) is 55.5. The highest BCUT2D eigenvalue weighted by Gasteiger charge is 2.46. The minimum atomic E-state index is -1.33. The molecule has 1 rings (SSSR count). The van der Waals surface area contributed by atoms with Crippen molar-refractivity contribution in [2.45, 2.75) is 30.5 Å². The summed E-state index contributed by atoms with van der Waals surface area (Å²) < 4.78 is 0. The molecule has 1 saturated carbocycles. The first-order valence-corrected chi connectivity index (χ1v) is 3.03. The van der Waals surface area contributed by atoms with E-state index in [4.69, 9.17) is 26.2 Å². The van der Waals surface area contributed by atoms with E-state index >= 15 is 0 Å². The molecule has 5 nitrogen and oxygen atoms in total. The van der Waals surface area contributed by atoms with Gasteiger partial charge in [0, 0.05) is 0 Å². The molecule has 0 heterocycles. The number of aliphatic hydroxyl groups excluding tert-OH is 4. The Balaban J connectivity index is 2.68. The third-order valence-electron chi connectivity index (χ3n) is 1.84. The summed E-state index contributed by atoms with van der Waals surface area (Å²) in [5.74, 6) is 0. The van der Waals surface area contributed by atoms with E-state index < -0.39 is 30.5 Å². The lowest BCUT2D eigenvalue weighted by atomic mass is 10.2. The minimum absolute atomic E-state index is 0.954. The first-order valence-electron chi connectivity index (χ1n) is 3.03. The molecule has 0 unspecified atom stereocenters. The number of hydrogen-bond donors (Lipinski definition) is 5. The Kier molecular flexibility index (Phi) is 1.93. The maximum Gasteiger partial charge on any atom is 0.110 e. The van der Waals surface area contributed by atoms with Crippen molar-refractivity contribution in [1.29, 1.82) is 0 Å². The Morgan fingerprint density at radius 3 is 1.10 bits per heavy atom. The number of aliphatic hydroxyl groups is 4. The highest BCUT2D eigenvalue weighted by Crippen LogP contribution is 2.19.